The largest absolute Gasteiger partial charge is 0.472 e. The van der Waals surface area contributed by atoms with Crippen molar-refractivity contribution < 1.29 is 9.21 Å². The lowest BCUT2D eigenvalue weighted by Crippen LogP contribution is -2.48. The van der Waals surface area contributed by atoms with Gasteiger partial charge in [-0.05, 0) is 18.9 Å². The molecular formula is C12H18N2O2S. The van der Waals surface area contributed by atoms with Crippen molar-refractivity contribution in [2.24, 2.45) is 11.1 Å². The van der Waals surface area contributed by atoms with E-state index in [0.29, 0.717) is 19.4 Å². The van der Waals surface area contributed by atoms with E-state index in [4.69, 9.17) is 22.4 Å². The van der Waals surface area contributed by atoms with E-state index >= 15 is 0 Å². The first-order valence-electron chi connectivity index (χ1n) is 5.66. The van der Waals surface area contributed by atoms with E-state index in [0.717, 1.165) is 5.56 Å². The molecule has 1 aromatic rings. The van der Waals surface area contributed by atoms with Gasteiger partial charge in [0.15, 0.2) is 0 Å². The van der Waals surface area contributed by atoms with Gasteiger partial charge < -0.3 is 15.5 Å². The van der Waals surface area contributed by atoms with Crippen LogP contribution < -0.4 is 11.1 Å². The molecule has 1 heterocycles. The zero-order valence-corrected chi connectivity index (χ0v) is 11.0. The maximum absolute atomic E-state index is 12.2. The van der Waals surface area contributed by atoms with Crippen molar-refractivity contribution in [2.45, 2.75) is 33.2 Å². The fourth-order valence-electron chi connectivity index (χ4n) is 1.78. The molecule has 1 amide bonds. The zero-order chi connectivity index (χ0) is 12.9. The molecule has 17 heavy (non-hydrogen) atoms. The molecule has 5 heteroatoms. The van der Waals surface area contributed by atoms with E-state index in [-0.39, 0.29) is 10.9 Å². The maximum atomic E-state index is 12.2. The van der Waals surface area contributed by atoms with Crippen LogP contribution in [0.1, 0.15) is 32.3 Å². The normalized spacial score (nSPS) is 11.2. The average Bonchev–Trinajstić information content (AvgIpc) is 2.81. The van der Waals surface area contributed by atoms with E-state index in [1.165, 1.54) is 0 Å². The van der Waals surface area contributed by atoms with Gasteiger partial charge >= 0.3 is 0 Å². The highest BCUT2D eigenvalue weighted by Gasteiger charge is 2.37. The quantitative estimate of drug-likeness (QED) is 0.762. The SMILES string of the molecule is CCC(CC)(C(=O)NCc1ccoc1)C(N)=S. The third-order valence-electron chi connectivity index (χ3n) is 3.15. The predicted molar refractivity (Wildman–Crippen MR) is 70.4 cm³/mol. The van der Waals surface area contributed by atoms with Gasteiger partial charge in [-0.2, -0.15) is 0 Å². The molecule has 1 aromatic heterocycles. The summed E-state index contributed by atoms with van der Waals surface area (Å²) in [6, 6.07) is 1.81. The fraction of sp³-hybridized carbons (Fsp3) is 0.500. The van der Waals surface area contributed by atoms with Crippen molar-refractivity contribution >= 4 is 23.1 Å². The van der Waals surface area contributed by atoms with Crippen LogP contribution in [0.3, 0.4) is 0 Å². The number of carbonyl (C=O) groups excluding carboxylic acids is 1. The van der Waals surface area contributed by atoms with E-state index in [2.05, 4.69) is 5.32 Å². The number of furan rings is 1. The molecule has 94 valence electrons. The third kappa shape index (κ3) is 2.85. The second kappa shape index (κ2) is 5.82. The van der Waals surface area contributed by atoms with Crippen LogP contribution in [-0.2, 0) is 11.3 Å². The Bertz CT molecular complexity index is 383. The van der Waals surface area contributed by atoms with Crippen LogP contribution in [0.15, 0.2) is 23.0 Å². The fourth-order valence-corrected chi connectivity index (χ4v) is 2.16. The molecule has 0 saturated carbocycles. The van der Waals surface area contributed by atoms with E-state index in [1.807, 2.05) is 13.8 Å². The lowest BCUT2D eigenvalue weighted by atomic mass is 9.81. The van der Waals surface area contributed by atoms with Crippen LogP contribution >= 0.6 is 12.2 Å². The van der Waals surface area contributed by atoms with E-state index < -0.39 is 5.41 Å². The van der Waals surface area contributed by atoms with Crippen LogP contribution in [-0.4, -0.2) is 10.9 Å². The number of carbonyl (C=O) groups is 1. The van der Waals surface area contributed by atoms with Gasteiger partial charge in [-0.1, -0.05) is 26.1 Å². The molecule has 0 aromatic carbocycles. The highest BCUT2D eigenvalue weighted by atomic mass is 32.1. The van der Waals surface area contributed by atoms with Crippen LogP contribution in [0.4, 0.5) is 0 Å². The minimum atomic E-state index is -0.737. The van der Waals surface area contributed by atoms with Gasteiger partial charge in [-0.25, -0.2) is 0 Å². The molecule has 0 aliphatic rings. The van der Waals surface area contributed by atoms with Crippen molar-refractivity contribution in [1.29, 1.82) is 0 Å². The Labute approximate surface area is 107 Å². The van der Waals surface area contributed by atoms with Crippen molar-refractivity contribution in [3.05, 3.63) is 24.2 Å². The Balaban J connectivity index is 2.69. The second-order valence-corrected chi connectivity index (χ2v) is 4.41. The van der Waals surface area contributed by atoms with Crippen molar-refractivity contribution in [3.63, 3.8) is 0 Å². The zero-order valence-electron chi connectivity index (χ0n) is 10.2. The van der Waals surface area contributed by atoms with Crippen LogP contribution in [0.5, 0.6) is 0 Å². The van der Waals surface area contributed by atoms with Gasteiger partial charge in [-0.3, -0.25) is 4.79 Å². The molecule has 0 bridgehead atoms. The summed E-state index contributed by atoms with van der Waals surface area (Å²) in [6.45, 7) is 4.26. The first-order chi connectivity index (χ1) is 8.06. The first kappa shape index (κ1) is 13.7. The Morgan fingerprint density at radius 1 is 1.53 bits per heavy atom. The number of nitrogens with two attached hydrogens (primary N) is 1. The van der Waals surface area contributed by atoms with Gasteiger partial charge in [0, 0.05) is 12.1 Å². The molecule has 3 N–H and O–H groups in total. The Morgan fingerprint density at radius 3 is 2.59 bits per heavy atom. The number of nitrogens with one attached hydrogen (secondary N) is 1. The standard InChI is InChI=1S/C12H18N2O2S/c1-3-12(4-2,10(13)17)11(15)14-7-9-5-6-16-8-9/h5-6,8H,3-4,7H2,1-2H3,(H2,13,17)(H,14,15). The van der Waals surface area contributed by atoms with E-state index in [1.54, 1.807) is 18.6 Å². The van der Waals surface area contributed by atoms with E-state index in [9.17, 15) is 4.79 Å². The lowest BCUT2D eigenvalue weighted by Gasteiger charge is -2.28. The lowest BCUT2D eigenvalue weighted by molar-refractivity contribution is -0.128. The number of rotatable bonds is 6. The number of thiocarbonyl (C=S) groups is 1. The third-order valence-corrected chi connectivity index (χ3v) is 3.54. The van der Waals surface area contributed by atoms with Gasteiger partial charge in [0.1, 0.15) is 0 Å². The molecule has 0 aliphatic heterocycles. The minimum Gasteiger partial charge on any atom is -0.472 e. The molecule has 0 atom stereocenters. The monoisotopic (exact) mass is 254 g/mol. The van der Waals surface area contributed by atoms with Gasteiger partial charge in [-0.15, -0.1) is 0 Å². The molecule has 0 radical (unpaired) electrons. The Kier molecular flexibility index (Phi) is 4.69. The molecule has 0 aliphatic carbocycles. The van der Waals surface area contributed by atoms with Gasteiger partial charge in [0.2, 0.25) is 5.91 Å². The summed E-state index contributed by atoms with van der Waals surface area (Å²) in [5, 5.41) is 2.84. The molecule has 4 nitrogen and oxygen atoms in total. The molecule has 0 spiro atoms. The molecule has 0 saturated heterocycles. The minimum absolute atomic E-state index is 0.115. The molecular weight excluding hydrogens is 236 g/mol. The summed E-state index contributed by atoms with van der Waals surface area (Å²) in [4.78, 5) is 12.4. The van der Waals surface area contributed by atoms with Crippen molar-refractivity contribution in [1.82, 2.24) is 5.32 Å². The van der Waals surface area contributed by atoms with Crippen LogP contribution in [0, 0.1) is 5.41 Å². The van der Waals surface area contributed by atoms with Crippen molar-refractivity contribution in [2.75, 3.05) is 0 Å². The highest BCUT2D eigenvalue weighted by molar-refractivity contribution is 7.80. The summed E-state index contributed by atoms with van der Waals surface area (Å²) in [6.07, 6.45) is 4.38. The Hall–Kier alpha value is -1.36. The maximum Gasteiger partial charge on any atom is 0.233 e. The summed E-state index contributed by atoms with van der Waals surface area (Å²) in [5.74, 6) is -0.115. The number of amides is 1. The summed E-state index contributed by atoms with van der Waals surface area (Å²) < 4.78 is 4.93. The average molecular weight is 254 g/mol. The van der Waals surface area contributed by atoms with Gasteiger partial charge in [0.05, 0.1) is 22.9 Å². The summed E-state index contributed by atoms with van der Waals surface area (Å²) in [5.41, 5.74) is 5.88. The molecule has 0 unspecified atom stereocenters. The van der Waals surface area contributed by atoms with Gasteiger partial charge in [0.25, 0.3) is 0 Å². The Morgan fingerprint density at radius 2 is 2.18 bits per heavy atom. The summed E-state index contributed by atoms with van der Waals surface area (Å²) >= 11 is 5.02. The second-order valence-electron chi connectivity index (χ2n) is 3.97. The predicted octanol–water partition coefficient (Wildman–Crippen LogP) is 1.99. The molecule has 0 fully saturated rings. The number of hydrogen-bond donors (Lipinski definition) is 2. The summed E-state index contributed by atoms with van der Waals surface area (Å²) in [7, 11) is 0. The van der Waals surface area contributed by atoms with Crippen molar-refractivity contribution in [3.8, 4) is 0 Å². The van der Waals surface area contributed by atoms with Crippen LogP contribution in [0.2, 0.25) is 0 Å². The first-order valence-corrected chi connectivity index (χ1v) is 6.07. The topological polar surface area (TPSA) is 68.3 Å². The molecule has 1 rings (SSSR count). The van der Waals surface area contributed by atoms with Crippen LogP contribution in [0.25, 0.3) is 0 Å². The number of hydrogen-bond acceptors (Lipinski definition) is 3. The highest BCUT2D eigenvalue weighted by Crippen LogP contribution is 2.27. The smallest absolute Gasteiger partial charge is 0.233 e.